The maximum Gasteiger partial charge on any atom is 0.177 e. The minimum absolute atomic E-state index is 0.0953. The number of rotatable bonds is 4. The van der Waals surface area contributed by atoms with Crippen LogP contribution in [0.15, 0.2) is 29.2 Å². The smallest absolute Gasteiger partial charge is 0.177 e. The third-order valence-electron chi connectivity index (χ3n) is 2.32. The summed E-state index contributed by atoms with van der Waals surface area (Å²) in [5.41, 5.74) is 0.806. The summed E-state index contributed by atoms with van der Waals surface area (Å²) in [6.45, 7) is 1.43. The molecule has 0 bridgehead atoms. The summed E-state index contributed by atoms with van der Waals surface area (Å²) in [6.07, 6.45) is 2.63. The van der Waals surface area contributed by atoms with Crippen LogP contribution in [0.25, 0.3) is 0 Å². The van der Waals surface area contributed by atoms with E-state index in [2.05, 4.69) is 0 Å². The predicted octanol–water partition coefficient (Wildman–Crippen LogP) is 2.90. The van der Waals surface area contributed by atoms with Gasteiger partial charge in [-0.2, -0.15) is 0 Å². The zero-order valence-corrected chi connectivity index (χ0v) is 9.43. The second-order valence-electron chi connectivity index (χ2n) is 3.77. The highest BCUT2D eigenvalue weighted by molar-refractivity contribution is 8.00. The van der Waals surface area contributed by atoms with E-state index in [1.165, 1.54) is 24.7 Å². The van der Waals surface area contributed by atoms with Gasteiger partial charge in [0.2, 0.25) is 0 Å². The second-order valence-corrected chi connectivity index (χ2v) is 5.15. The molecule has 1 aromatic carbocycles. The number of nitrogens with one attached hydrogen (secondary N) is 1. The van der Waals surface area contributed by atoms with Crippen molar-refractivity contribution in [3.8, 4) is 0 Å². The van der Waals surface area contributed by atoms with Gasteiger partial charge < -0.3 is 0 Å². The molecule has 1 saturated carbocycles. The molecule has 2 rings (SSSR count). The van der Waals surface area contributed by atoms with Crippen molar-refractivity contribution < 1.29 is 4.79 Å². The highest BCUT2D eigenvalue weighted by Crippen LogP contribution is 2.38. The number of Topliss-reactive ketones (excluding diaryl/α,β-unsaturated/α-hetero) is 1. The topological polar surface area (TPSA) is 40.9 Å². The van der Waals surface area contributed by atoms with Crippen LogP contribution in [0.3, 0.4) is 0 Å². The average Bonchev–Trinajstić information content (AvgIpc) is 3.02. The fraction of sp³-hybridized carbons (Fsp3) is 0.333. The number of hydrogen-bond donors (Lipinski definition) is 1. The zero-order chi connectivity index (χ0) is 10.8. The fourth-order valence-electron chi connectivity index (χ4n) is 1.28. The van der Waals surface area contributed by atoms with Gasteiger partial charge in [0.05, 0.1) is 0 Å². The first-order valence-electron chi connectivity index (χ1n) is 5.03. The molecule has 15 heavy (non-hydrogen) atoms. The largest absolute Gasteiger partial charge is 0.297 e. The number of carbonyl (C=O) groups is 1. The van der Waals surface area contributed by atoms with Gasteiger partial charge in [-0.05, 0) is 25.0 Å². The van der Waals surface area contributed by atoms with Crippen molar-refractivity contribution in [3.05, 3.63) is 29.8 Å². The first-order valence-corrected chi connectivity index (χ1v) is 5.91. The van der Waals surface area contributed by atoms with Crippen molar-refractivity contribution in [2.24, 2.45) is 0 Å². The molecule has 0 aromatic heterocycles. The Morgan fingerprint density at radius 3 is 2.40 bits per heavy atom. The van der Waals surface area contributed by atoms with E-state index in [0.717, 1.165) is 5.25 Å². The van der Waals surface area contributed by atoms with E-state index in [-0.39, 0.29) is 11.5 Å². The van der Waals surface area contributed by atoms with Gasteiger partial charge in [-0.1, -0.05) is 12.1 Å². The van der Waals surface area contributed by atoms with Crippen molar-refractivity contribution in [1.82, 2.24) is 0 Å². The normalized spacial score (nSPS) is 15.0. The molecule has 1 fully saturated rings. The van der Waals surface area contributed by atoms with Gasteiger partial charge in [0, 0.05) is 22.6 Å². The van der Waals surface area contributed by atoms with E-state index in [0.29, 0.717) is 5.56 Å². The van der Waals surface area contributed by atoms with Crippen LogP contribution in [0.2, 0.25) is 0 Å². The maximum atomic E-state index is 11.0. The Balaban J connectivity index is 2.08. The van der Waals surface area contributed by atoms with Crippen LogP contribution in [-0.2, 0) is 4.79 Å². The monoisotopic (exact) mass is 219 g/mol. The quantitative estimate of drug-likeness (QED) is 0.791. The van der Waals surface area contributed by atoms with Gasteiger partial charge in [-0.25, -0.2) is 0 Å². The molecule has 1 aromatic rings. The van der Waals surface area contributed by atoms with E-state index in [1.807, 2.05) is 36.0 Å². The SMILES string of the molecule is CC(=O)C(=N)c1ccc(SC2CC2)cc1. The Morgan fingerprint density at radius 1 is 1.33 bits per heavy atom. The Morgan fingerprint density at radius 2 is 1.93 bits per heavy atom. The molecule has 0 saturated heterocycles. The van der Waals surface area contributed by atoms with Crippen molar-refractivity contribution in [2.75, 3.05) is 0 Å². The molecule has 3 heteroatoms. The van der Waals surface area contributed by atoms with Gasteiger partial charge in [-0.15, -0.1) is 11.8 Å². The van der Waals surface area contributed by atoms with Gasteiger partial charge in [0.25, 0.3) is 0 Å². The third kappa shape index (κ3) is 2.69. The Hall–Kier alpha value is -1.09. The van der Waals surface area contributed by atoms with Crippen LogP contribution >= 0.6 is 11.8 Å². The molecule has 1 N–H and O–H groups in total. The van der Waals surface area contributed by atoms with Crippen LogP contribution in [0.1, 0.15) is 25.3 Å². The predicted molar refractivity (Wildman–Crippen MR) is 62.8 cm³/mol. The average molecular weight is 219 g/mol. The first kappa shape index (κ1) is 10.4. The summed E-state index contributed by atoms with van der Waals surface area (Å²) < 4.78 is 0. The van der Waals surface area contributed by atoms with E-state index >= 15 is 0 Å². The molecule has 0 amide bonds. The molecule has 0 unspecified atom stereocenters. The third-order valence-corrected chi connectivity index (χ3v) is 3.67. The molecule has 0 atom stereocenters. The van der Waals surface area contributed by atoms with Gasteiger partial charge in [0.1, 0.15) is 5.71 Å². The highest BCUT2D eigenvalue weighted by Gasteiger charge is 2.22. The molecule has 0 aliphatic heterocycles. The van der Waals surface area contributed by atoms with Crippen LogP contribution in [-0.4, -0.2) is 16.7 Å². The summed E-state index contributed by atoms with van der Waals surface area (Å²) in [4.78, 5) is 12.2. The molecule has 2 nitrogen and oxygen atoms in total. The molecule has 1 aliphatic carbocycles. The number of benzene rings is 1. The molecular formula is C12H13NOS. The summed E-state index contributed by atoms with van der Waals surface area (Å²) in [5, 5.41) is 8.35. The summed E-state index contributed by atoms with van der Waals surface area (Å²) in [5.74, 6) is -0.183. The van der Waals surface area contributed by atoms with Crippen LogP contribution < -0.4 is 0 Å². The Labute approximate surface area is 93.6 Å². The lowest BCUT2D eigenvalue weighted by Gasteiger charge is -2.02. The highest BCUT2D eigenvalue weighted by atomic mass is 32.2. The second kappa shape index (κ2) is 4.19. The van der Waals surface area contributed by atoms with Crippen molar-refractivity contribution in [3.63, 3.8) is 0 Å². The lowest BCUT2D eigenvalue weighted by atomic mass is 10.1. The number of carbonyl (C=O) groups excluding carboxylic acids is 1. The Kier molecular flexibility index (Phi) is 2.91. The molecular weight excluding hydrogens is 206 g/mol. The van der Waals surface area contributed by atoms with Gasteiger partial charge in [0.15, 0.2) is 5.78 Å². The molecule has 78 valence electrons. The maximum absolute atomic E-state index is 11.0. The minimum atomic E-state index is -0.183. The molecule has 0 heterocycles. The van der Waals surface area contributed by atoms with Crippen LogP contribution in [0.4, 0.5) is 0 Å². The number of hydrogen-bond acceptors (Lipinski definition) is 3. The van der Waals surface area contributed by atoms with E-state index < -0.39 is 0 Å². The summed E-state index contributed by atoms with van der Waals surface area (Å²) >= 11 is 1.88. The molecule has 0 radical (unpaired) electrons. The number of thioether (sulfide) groups is 1. The molecule has 1 aliphatic rings. The summed E-state index contributed by atoms with van der Waals surface area (Å²) in [6, 6.07) is 7.70. The lowest BCUT2D eigenvalue weighted by Crippen LogP contribution is -2.09. The van der Waals surface area contributed by atoms with E-state index in [9.17, 15) is 4.79 Å². The van der Waals surface area contributed by atoms with Gasteiger partial charge in [-0.3, -0.25) is 10.2 Å². The van der Waals surface area contributed by atoms with Crippen molar-refractivity contribution >= 4 is 23.3 Å². The van der Waals surface area contributed by atoms with Crippen LogP contribution in [0, 0.1) is 5.41 Å². The summed E-state index contributed by atoms with van der Waals surface area (Å²) in [7, 11) is 0. The molecule has 0 spiro atoms. The standard InChI is InChI=1S/C12H13NOS/c1-8(14)12(13)9-2-4-10(5-3-9)15-11-6-7-11/h2-5,11,13H,6-7H2,1H3. The van der Waals surface area contributed by atoms with Gasteiger partial charge >= 0.3 is 0 Å². The minimum Gasteiger partial charge on any atom is -0.297 e. The van der Waals surface area contributed by atoms with Crippen molar-refractivity contribution in [2.45, 2.75) is 29.9 Å². The lowest BCUT2D eigenvalue weighted by molar-refractivity contribution is -0.111. The number of ketones is 1. The van der Waals surface area contributed by atoms with E-state index in [4.69, 9.17) is 5.41 Å². The fourth-order valence-corrected chi connectivity index (χ4v) is 2.33. The first-order chi connectivity index (χ1) is 7.16. The zero-order valence-electron chi connectivity index (χ0n) is 8.62. The van der Waals surface area contributed by atoms with Crippen molar-refractivity contribution in [1.29, 1.82) is 5.41 Å². The Bertz CT molecular complexity index is 393. The van der Waals surface area contributed by atoms with Crippen LogP contribution in [0.5, 0.6) is 0 Å². The van der Waals surface area contributed by atoms with E-state index in [1.54, 1.807) is 0 Å².